The Morgan fingerprint density at radius 2 is 1.81 bits per heavy atom. The zero-order chi connectivity index (χ0) is 26.8. The third kappa shape index (κ3) is 8.55. The monoisotopic (exact) mass is 506 g/mol. The lowest BCUT2D eigenvalue weighted by Crippen LogP contribution is -2.41. The molecule has 0 aliphatic heterocycles. The lowest BCUT2D eigenvalue weighted by Gasteiger charge is -2.22. The third-order valence-electron chi connectivity index (χ3n) is 5.79. The number of aryl methyl sites for hydroxylation is 1. The van der Waals surface area contributed by atoms with Gasteiger partial charge >= 0.3 is 0 Å². The van der Waals surface area contributed by atoms with Crippen LogP contribution in [0.4, 0.5) is 5.82 Å². The van der Waals surface area contributed by atoms with Crippen molar-refractivity contribution in [3.8, 4) is 5.69 Å². The molecule has 0 spiro atoms. The minimum Gasteiger partial charge on any atom is -0.385 e. The summed E-state index contributed by atoms with van der Waals surface area (Å²) in [5.74, 6) is 0.0120. The number of methoxy groups -OCH3 is 1. The van der Waals surface area contributed by atoms with Gasteiger partial charge in [0.05, 0.1) is 24.5 Å². The molecule has 0 atom stereocenters. The van der Waals surface area contributed by atoms with Crippen LogP contribution in [0, 0.1) is 6.92 Å². The predicted molar refractivity (Wildman–Crippen MR) is 145 cm³/mol. The lowest BCUT2D eigenvalue weighted by atomic mass is 9.92. The van der Waals surface area contributed by atoms with Crippen LogP contribution in [0.25, 0.3) is 5.69 Å². The molecule has 0 bridgehead atoms. The summed E-state index contributed by atoms with van der Waals surface area (Å²) in [6.45, 7) is 9.25. The highest BCUT2D eigenvalue weighted by atomic mass is 16.5. The van der Waals surface area contributed by atoms with Crippen LogP contribution in [0.3, 0.4) is 0 Å². The van der Waals surface area contributed by atoms with E-state index in [1.807, 2.05) is 67.6 Å². The maximum absolute atomic E-state index is 13.1. The Labute approximate surface area is 219 Å². The Balaban J connectivity index is 1.71. The maximum atomic E-state index is 13.1. The van der Waals surface area contributed by atoms with Gasteiger partial charge in [-0.15, -0.1) is 0 Å². The van der Waals surface area contributed by atoms with E-state index in [2.05, 4.69) is 26.1 Å². The molecule has 1 aromatic heterocycles. The average Bonchev–Trinajstić information content (AvgIpc) is 3.28. The second-order valence-corrected chi connectivity index (χ2v) is 10.1. The summed E-state index contributed by atoms with van der Waals surface area (Å²) in [5, 5.41) is 7.75. The van der Waals surface area contributed by atoms with Crippen molar-refractivity contribution in [2.75, 3.05) is 38.7 Å². The Morgan fingerprint density at radius 1 is 1.05 bits per heavy atom. The second kappa shape index (κ2) is 13.2. The number of nitrogens with one attached hydrogen (secondary N) is 1. The van der Waals surface area contributed by atoms with Crippen LogP contribution in [-0.2, 0) is 31.1 Å². The van der Waals surface area contributed by atoms with Crippen molar-refractivity contribution in [2.45, 2.75) is 46.1 Å². The molecule has 1 heterocycles. The molecule has 198 valence electrons. The molecule has 0 aliphatic rings. The quantitative estimate of drug-likeness (QED) is 0.366. The summed E-state index contributed by atoms with van der Waals surface area (Å²) in [7, 11) is 1.61. The smallest absolute Gasteiger partial charge is 0.249 e. The van der Waals surface area contributed by atoms with Crippen LogP contribution in [0.15, 0.2) is 60.7 Å². The van der Waals surface area contributed by atoms with E-state index in [9.17, 15) is 9.59 Å². The van der Waals surface area contributed by atoms with Crippen molar-refractivity contribution in [2.24, 2.45) is 0 Å². The van der Waals surface area contributed by atoms with Crippen LogP contribution in [0.5, 0.6) is 0 Å². The molecular formula is C29H38N4O4. The third-order valence-corrected chi connectivity index (χ3v) is 5.79. The van der Waals surface area contributed by atoms with Crippen molar-refractivity contribution in [3.05, 3.63) is 77.5 Å². The van der Waals surface area contributed by atoms with E-state index in [1.54, 1.807) is 11.8 Å². The number of ether oxygens (including phenoxy) is 2. The first-order valence-electron chi connectivity index (χ1n) is 12.5. The number of hydrogen-bond acceptors (Lipinski definition) is 5. The molecule has 37 heavy (non-hydrogen) atoms. The van der Waals surface area contributed by atoms with Crippen molar-refractivity contribution in [3.63, 3.8) is 0 Å². The van der Waals surface area contributed by atoms with E-state index in [0.29, 0.717) is 32.0 Å². The van der Waals surface area contributed by atoms with E-state index >= 15 is 0 Å². The van der Waals surface area contributed by atoms with Gasteiger partial charge in [-0.25, -0.2) is 4.68 Å². The molecule has 0 unspecified atom stereocenters. The molecule has 8 heteroatoms. The maximum Gasteiger partial charge on any atom is 0.249 e. The van der Waals surface area contributed by atoms with Gasteiger partial charge in [-0.2, -0.15) is 5.10 Å². The first-order valence-corrected chi connectivity index (χ1v) is 12.5. The standard InChI is InChI=1S/C29H38N4O4/c1-22-11-9-14-24(17-22)33-26(18-25(31-33)29(2,3)4)30-27(34)19-32(15-10-16-36-5)28(35)21-37-20-23-12-7-6-8-13-23/h6-9,11-14,17-18H,10,15-16,19-21H2,1-5H3,(H,30,34). The number of amides is 2. The fourth-order valence-electron chi connectivity index (χ4n) is 3.76. The summed E-state index contributed by atoms with van der Waals surface area (Å²) >= 11 is 0. The Kier molecular flexibility index (Phi) is 10.00. The molecule has 8 nitrogen and oxygen atoms in total. The van der Waals surface area contributed by atoms with Gasteiger partial charge in [-0.3, -0.25) is 9.59 Å². The molecule has 1 N–H and O–H groups in total. The number of hydrogen-bond donors (Lipinski definition) is 1. The van der Waals surface area contributed by atoms with Gasteiger partial charge in [0, 0.05) is 31.7 Å². The summed E-state index contributed by atoms with van der Waals surface area (Å²) in [6, 6.07) is 19.5. The summed E-state index contributed by atoms with van der Waals surface area (Å²) in [5.41, 5.74) is 3.58. The molecule has 0 fully saturated rings. The molecule has 3 rings (SSSR count). The van der Waals surface area contributed by atoms with Crippen molar-refractivity contribution in [1.29, 1.82) is 0 Å². The first-order chi connectivity index (χ1) is 17.7. The minimum absolute atomic E-state index is 0.0961. The normalized spacial score (nSPS) is 11.4. The molecule has 3 aromatic rings. The van der Waals surface area contributed by atoms with E-state index in [-0.39, 0.29) is 30.4 Å². The SMILES string of the molecule is COCCCN(CC(=O)Nc1cc(C(C)(C)C)nn1-c1cccc(C)c1)C(=O)COCc1ccccc1. The number of carbonyl (C=O) groups is 2. The van der Waals surface area contributed by atoms with Crippen LogP contribution in [-0.4, -0.2) is 59.9 Å². The molecule has 2 aromatic carbocycles. The molecule has 0 saturated heterocycles. The van der Waals surface area contributed by atoms with Gasteiger partial charge < -0.3 is 19.7 Å². The summed E-state index contributed by atoms with van der Waals surface area (Å²) in [4.78, 5) is 27.6. The highest BCUT2D eigenvalue weighted by molar-refractivity contribution is 5.94. The topological polar surface area (TPSA) is 85.7 Å². The number of carbonyl (C=O) groups excluding carboxylic acids is 2. The van der Waals surface area contributed by atoms with E-state index < -0.39 is 0 Å². The Morgan fingerprint density at radius 3 is 2.49 bits per heavy atom. The van der Waals surface area contributed by atoms with Crippen molar-refractivity contribution >= 4 is 17.6 Å². The fraction of sp³-hybridized carbons (Fsp3) is 0.414. The zero-order valence-electron chi connectivity index (χ0n) is 22.5. The Hall–Kier alpha value is -3.49. The van der Waals surface area contributed by atoms with Gasteiger partial charge in [0.1, 0.15) is 12.4 Å². The van der Waals surface area contributed by atoms with Crippen LogP contribution >= 0.6 is 0 Å². The lowest BCUT2D eigenvalue weighted by molar-refractivity contribution is -0.139. The van der Waals surface area contributed by atoms with E-state index in [0.717, 1.165) is 22.5 Å². The number of anilines is 1. The van der Waals surface area contributed by atoms with Crippen molar-refractivity contribution in [1.82, 2.24) is 14.7 Å². The van der Waals surface area contributed by atoms with Gasteiger partial charge in [-0.05, 0) is 36.6 Å². The van der Waals surface area contributed by atoms with Crippen LogP contribution in [0.1, 0.15) is 44.0 Å². The minimum atomic E-state index is -0.303. The average molecular weight is 507 g/mol. The second-order valence-electron chi connectivity index (χ2n) is 10.1. The Bertz CT molecular complexity index is 1170. The fourth-order valence-corrected chi connectivity index (χ4v) is 3.76. The van der Waals surface area contributed by atoms with E-state index in [1.165, 1.54) is 4.90 Å². The van der Waals surface area contributed by atoms with Crippen molar-refractivity contribution < 1.29 is 19.1 Å². The van der Waals surface area contributed by atoms with Gasteiger partial charge in [0.25, 0.3) is 0 Å². The number of aromatic nitrogens is 2. The number of rotatable bonds is 12. The molecule has 0 saturated carbocycles. The molecule has 0 radical (unpaired) electrons. The highest BCUT2D eigenvalue weighted by Crippen LogP contribution is 2.26. The van der Waals surface area contributed by atoms with Gasteiger partial charge in [-0.1, -0.05) is 63.2 Å². The summed E-state index contributed by atoms with van der Waals surface area (Å²) < 4.78 is 12.5. The van der Waals surface area contributed by atoms with E-state index in [4.69, 9.17) is 14.6 Å². The zero-order valence-corrected chi connectivity index (χ0v) is 22.5. The van der Waals surface area contributed by atoms with Crippen LogP contribution < -0.4 is 5.32 Å². The van der Waals surface area contributed by atoms with Gasteiger partial charge in [0.15, 0.2) is 0 Å². The molecular weight excluding hydrogens is 468 g/mol. The van der Waals surface area contributed by atoms with Gasteiger partial charge in [0.2, 0.25) is 11.8 Å². The first kappa shape index (κ1) is 28.1. The highest BCUT2D eigenvalue weighted by Gasteiger charge is 2.23. The molecule has 2 amide bonds. The predicted octanol–water partition coefficient (Wildman–Crippen LogP) is 4.50. The number of benzene rings is 2. The molecule has 0 aliphatic carbocycles. The summed E-state index contributed by atoms with van der Waals surface area (Å²) in [6.07, 6.45) is 0.615. The van der Waals surface area contributed by atoms with Crippen LogP contribution in [0.2, 0.25) is 0 Å². The number of nitrogens with zero attached hydrogens (tertiary/aromatic N) is 3. The largest absolute Gasteiger partial charge is 0.385 e.